The normalized spacial score (nSPS) is 20.9. The zero-order valence-electron chi connectivity index (χ0n) is 10.4. The third kappa shape index (κ3) is 3.30. The summed E-state index contributed by atoms with van der Waals surface area (Å²) in [5.41, 5.74) is 0.601. The molecule has 1 saturated carbocycles. The van der Waals surface area contributed by atoms with Gasteiger partial charge in [-0.2, -0.15) is 0 Å². The summed E-state index contributed by atoms with van der Waals surface area (Å²) in [6.45, 7) is 4.08. The number of rotatable bonds is 3. The minimum absolute atomic E-state index is 0.0149. The maximum Gasteiger partial charge on any atom is 0.262 e. The van der Waals surface area contributed by atoms with Gasteiger partial charge in [0.1, 0.15) is 0 Å². The van der Waals surface area contributed by atoms with Crippen LogP contribution in [0.1, 0.15) is 20.3 Å². The van der Waals surface area contributed by atoms with Crippen LogP contribution < -0.4 is 5.32 Å². The molecule has 1 aliphatic carbocycles. The number of halogens is 2. The number of amides is 1. The van der Waals surface area contributed by atoms with Crippen molar-refractivity contribution < 1.29 is 13.2 Å². The van der Waals surface area contributed by atoms with E-state index in [0.717, 1.165) is 6.42 Å². The van der Waals surface area contributed by atoms with Crippen LogP contribution in [0, 0.1) is 11.3 Å². The number of carbonyl (C=O) groups is 1. The molecule has 0 spiro atoms. The number of carbonyl (C=O) groups excluding carboxylic acids is 1. The second-order valence-electron chi connectivity index (χ2n) is 5.32. The van der Waals surface area contributed by atoms with Gasteiger partial charge < -0.3 is 5.32 Å². The molecule has 0 bridgehead atoms. The summed E-state index contributed by atoms with van der Waals surface area (Å²) in [6, 6.07) is 4.41. The Kier molecular flexibility index (Phi) is 3.70. The molecular formula is C12H13BrClNO3S. The number of nitrogens with one attached hydrogen (secondary N) is 1. The molecule has 0 aliphatic heterocycles. The number of hydrogen-bond donors (Lipinski definition) is 1. The van der Waals surface area contributed by atoms with Gasteiger partial charge in [0.25, 0.3) is 9.05 Å². The van der Waals surface area contributed by atoms with Gasteiger partial charge in [-0.05, 0) is 46.0 Å². The Morgan fingerprint density at radius 3 is 2.47 bits per heavy atom. The van der Waals surface area contributed by atoms with E-state index in [9.17, 15) is 13.2 Å². The molecule has 0 heterocycles. The first-order valence-electron chi connectivity index (χ1n) is 5.66. The van der Waals surface area contributed by atoms with E-state index in [1.54, 1.807) is 0 Å². The molecule has 1 N–H and O–H groups in total. The molecule has 1 amide bonds. The summed E-state index contributed by atoms with van der Waals surface area (Å²) in [4.78, 5) is 11.9. The highest BCUT2D eigenvalue weighted by molar-refractivity contribution is 9.10. The topological polar surface area (TPSA) is 63.2 Å². The van der Waals surface area contributed by atoms with E-state index in [-0.39, 0.29) is 22.1 Å². The van der Waals surface area contributed by atoms with E-state index >= 15 is 0 Å². The van der Waals surface area contributed by atoms with Crippen LogP contribution in [-0.2, 0) is 13.8 Å². The van der Waals surface area contributed by atoms with Gasteiger partial charge in [-0.3, -0.25) is 4.79 Å². The molecule has 1 unspecified atom stereocenters. The SMILES string of the molecule is CC1(C)CC1C(=O)Nc1ccc(S(=O)(=O)Cl)c(Br)c1. The van der Waals surface area contributed by atoms with E-state index in [2.05, 4.69) is 21.2 Å². The summed E-state index contributed by atoms with van der Waals surface area (Å²) >= 11 is 3.13. The van der Waals surface area contributed by atoms with Crippen LogP contribution in [0.4, 0.5) is 5.69 Å². The van der Waals surface area contributed by atoms with Crippen molar-refractivity contribution in [1.82, 2.24) is 0 Å². The quantitative estimate of drug-likeness (QED) is 0.834. The summed E-state index contributed by atoms with van der Waals surface area (Å²) in [5, 5.41) is 2.77. The van der Waals surface area contributed by atoms with Crippen molar-refractivity contribution in [2.24, 2.45) is 11.3 Å². The smallest absolute Gasteiger partial charge is 0.262 e. The van der Waals surface area contributed by atoms with E-state index in [0.29, 0.717) is 10.2 Å². The third-order valence-corrected chi connectivity index (χ3v) is 5.59. The van der Waals surface area contributed by atoms with E-state index < -0.39 is 9.05 Å². The maximum absolute atomic E-state index is 11.9. The zero-order chi connectivity index (χ0) is 14.4. The van der Waals surface area contributed by atoms with Crippen LogP contribution in [0.2, 0.25) is 0 Å². The predicted molar refractivity (Wildman–Crippen MR) is 77.7 cm³/mol. The van der Waals surface area contributed by atoms with Crippen molar-refractivity contribution in [1.29, 1.82) is 0 Å². The number of anilines is 1. The Bertz CT molecular complexity index is 642. The largest absolute Gasteiger partial charge is 0.326 e. The lowest BCUT2D eigenvalue weighted by molar-refractivity contribution is -0.118. The first-order chi connectivity index (χ1) is 8.61. The molecule has 0 aromatic heterocycles. The lowest BCUT2D eigenvalue weighted by Crippen LogP contribution is -2.16. The van der Waals surface area contributed by atoms with Crippen molar-refractivity contribution in [2.75, 3.05) is 5.32 Å². The summed E-state index contributed by atoms with van der Waals surface area (Å²) in [6.07, 6.45) is 0.869. The zero-order valence-corrected chi connectivity index (χ0v) is 13.6. The van der Waals surface area contributed by atoms with Crippen LogP contribution in [0.25, 0.3) is 0 Å². The Balaban J connectivity index is 2.16. The van der Waals surface area contributed by atoms with Crippen molar-refractivity contribution in [2.45, 2.75) is 25.2 Å². The average molecular weight is 367 g/mol. The summed E-state index contributed by atoms with van der Waals surface area (Å²) in [5.74, 6) is -0.0268. The molecule has 2 rings (SSSR count). The highest BCUT2D eigenvalue weighted by Crippen LogP contribution is 2.52. The summed E-state index contributed by atoms with van der Waals surface area (Å²) < 4.78 is 22.8. The summed E-state index contributed by atoms with van der Waals surface area (Å²) in [7, 11) is 1.49. The molecule has 1 aliphatic rings. The molecule has 0 saturated heterocycles. The Hall–Kier alpha value is -0.590. The Morgan fingerprint density at radius 2 is 2.05 bits per heavy atom. The van der Waals surface area contributed by atoms with Crippen molar-refractivity contribution in [3.63, 3.8) is 0 Å². The van der Waals surface area contributed by atoms with Crippen LogP contribution in [0.15, 0.2) is 27.6 Å². The second-order valence-corrected chi connectivity index (χ2v) is 8.71. The van der Waals surface area contributed by atoms with E-state index in [1.807, 2.05) is 13.8 Å². The van der Waals surface area contributed by atoms with Gasteiger partial charge >= 0.3 is 0 Å². The van der Waals surface area contributed by atoms with Crippen LogP contribution >= 0.6 is 26.6 Å². The fraction of sp³-hybridized carbons (Fsp3) is 0.417. The molecule has 1 atom stereocenters. The van der Waals surface area contributed by atoms with Crippen LogP contribution in [0.5, 0.6) is 0 Å². The molecular weight excluding hydrogens is 354 g/mol. The van der Waals surface area contributed by atoms with Gasteiger partial charge in [0.2, 0.25) is 5.91 Å². The monoisotopic (exact) mass is 365 g/mol. The van der Waals surface area contributed by atoms with Crippen molar-refractivity contribution in [3.05, 3.63) is 22.7 Å². The lowest BCUT2D eigenvalue weighted by atomic mass is 10.1. The average Bonchev–Trinajstić information content (AvgIpc) is 2.86. The van der Waals surface area contributed by atoms with Gasteiger partial charge in [0.05, 0.1) is 4.90 Å². The van der Waals surface area contributed by atoms with Gasteiger partial charge in [-0.1, -0.05) is 13.8 Å². The fourth-order valence-corrected chi connectivity index (χ4v) is 4.14. The highest BCUT2D eigenvalue weighted by Gasteiger charge is 2.50. The molecule has 1 aromatic carbocycles. The van der Waals surface area contributed by atoms with E-state index in [1.165, 1.54) is 18.2 Å². The van der Waals surface area contributed by atoms with Gasteiger partial charge in [-0.25, -0.2) is 8.42 Å². The Labute approximate surface area is 125 Å². The lowest BCUT2D eigenvalue weighted by Gasteiger charge is -2.08. The van der Waals surface area contributed by atoms with Gasteiger partial charge in [0, 0.05) is 26.8 Å². The van der Waals surface area contributed by atoms with Crippen molar-refractivity contribution >= 4 is 47.3 Å². The molecule has 4 nitrogen and oxygen atoms in total. The first-order valence-corrected chi connectivity index (χ1v) is 8.76. The fourth-order valence-electron chi connectivity index (χ4n) is 1.92. The maximum atomic E-state index is 11.9. The molecule has 104 valence electrons. The van der Waals surface area contributed by atoms with E-state index in [4.69, 9.17) is 10.7 Å². The predicted octanol–water partition coefficient (Wildman–Crippen LogP) is 3.36. The number of benzene rings is 1. The first kappa shape index (κ1) is 14.8. The number of hydrogen-bond acceptors (Lipinski definition) is 3. The molecule has 1 aromatic rings. The van der Waals surface area contributed by atoms with Gasteiger partial charge in [0.15, 0.2) is 0 Å². The van der Waals surface area contributed by atoms with Crippen LogP contribution in [0.3, 0.4) is 0 Å². The minimum atomic E-state index is -3.79. The van der Waals surface area contributed by atoms with Gasteiger partial charge in [-0.15, -0.1) is 0 Å². The third-order valence-electron chi connectivity index (χ3n) is 3.29. The highest BCUT2D eigenvalue weighted by atomic mass is 79.9. The second kappa shape index (κ2) is 4.75. The van der Waals surface area contributed by atoms with Crippen molar-refractivity contribution in [3.8, 4) is 0 Å². The molecule has 19 heavy (non-hydrogen) atoms. The minimum Gasteiger partial charge on any atom is -0.326 e. The molecule has 0 radical (unpaired) electrons. The Morgan fingerprint density at radius 1 is 1.47 bits per heavy atom. The standard InChI is InChI=1S/C12H13BrClNO3S/c1-12(2)6-8(12)11(16)15-7-3-4-10(9(13)5-7)19(14,17)18/h3-5,8H,6H2,1-2H3,(H,15,16). The molecule has 1 fully saturated rings. The molecule has 7 heteroatoms. The van der Waals surface area contributed by atoms with Crippen LogP contribution in [-0.4, -0.2) is 14.3 Å².